The lowest BCUT2D eigenvalue weighted by atomic mass is 9.93. The summed E-state index contributed by atoms with van der Waals surface area (Å²) in [4.78, 5) is 22.4. The van der Waals surface area contributed by atoms with Gasteiger partial charge in [0.2, 0.25) is 0 Å². The molecule has 1 N–H and O–H groups in total. The van der Waals surface area contributed by atoms with Crippen LogP contribution < -0.4 is 15.8 Å². The average Bonchev–Trinajstić information content (AvgIpc) is 2.93. The minimum absolute atomic E-state index is 0.137. The Morgan fingerprint density at radius 1 is 0.974 bits per heavy atom. The summed E-state index contributed by atoms with van der Waals surface area (Å²) in [6.07, 6.45) is 17.3. The van der Waals surface area contributed by atoms with Crippen molar-refractivity contribution in [3.63, 3.8) is 0 Å². The van der Waals surface area contributed by atoms with Crippen LogP contribution in [0.2, 0.25) is 0 Å². The van der Waals surface area contributed by atoms with E-state index in [1.165, 1.54) is 11.1 Å². The molecule has 0 saturated carbocycles. The first-order chi connectivity index (χ1) is 18.3. The van der Waals surface area contributed by atoms with Gasteiger partial charge in [-0.3, -0.25) is 9.79 Å². The van der Waals surface area contributed by atoms with E-state index in [4.69, 9.17) is 0 Å². The Labute approximate surface area is 230 Å². The average molecular weight is 514 g/mol. The number of carbonyl (C=O) groups excluding carboxylic acids is 1. The van der Waals surface area contributed by atoms with Gasteiger partial charge in [-0.05, 0) is 109 Å². The number of aromatic nitrogens is 1. The van der Waals surface area contributed by atoms with Crippen molar-refractivity contribution in [3.05, 3.63) is 80.9 Å². The summed E-state index contributed by atoms with van der Waals surface area (Å²) >= 11 is 0. The summed E-state index contributed by atoms with van der Waals surface area (Å²) in [6, 6.07) is 8.33. The minimum atomic E-state index is -0.137. The number of pyridine rings is 1. The lowest BCUT2D eigenvalue weighted by molar-refractivity contribution is 0.102. The van der Waals surface area contributed by atoms with Crippen molar-refractivity contribution >= 4 is 30.1 Å². The molecule has 38 heavy (non-hydrogen) atoms. The maximum atomic E-state index is 13.2. The number of rotatable bonds is 12. The van der Waals surface area contributed by atoms with Crippen LogP contribution in [0.5, 0.6) is 0 Å². The van der Waals surface area contributed by atoms with Crippen molar-refractivity contribution in [2.24, 2.45) is 10.9 Å². The normalized spacial score (nSPS) is 15.3. The van der Waals surface area contributed by atoms with Gasteiger partial charge in [-0.15, -0.1) is 0 Å². The van der Waals surface area contributed by atoms with E-state index >= 15 is 0 Å². The number of hydrogen-bond acceptors (Lipinski definition) is 3. The van der Waals surface area contributed by atoms with Crippen molar-refractivity contribution in [2.45, 2.75) is 93.5 Å². The Morgan fingerprint density at radius 3 is 2.32 bits per heavy atom. The highest BCUT2D eigenvalue weighted by Gasteiger charge is 2.12. The predicted molar refractivity (Wildman–Crippen MR) is 165 cm³/mol. The number of amides is 1. The third-order valence-corrected chi connectivity index (χ3v) is 7.07. The van der Waals surface area contributed by atoms with Crippen molar-refractivity contribution < 1.29 is 4.79 Å². The molecule has 1 aromatic carbocycles. The smallest absolute Gasteiger partial charge is 0.256 e. The van der Waals surface area contributed by atoms with E-state index in [2.05, 4.69) is 87.2 Å². The number of nitrogens with zero attached hydrogens (tertiary/aromatic N) is 2. The molecule has 0 aliphatic carbocycles. The molecular formula is C34H47N3O. The summed E-state index contributed by atoms with van der Waals surface area (Å²) < 4.78 is 0. The fourth-order valence-corrected chi connectivity index (χ4v) is 4.20. The van der Waals surface area contributed by atoms with E-state index in [1.807, 2.05) is 44.5 Å². The summed E-state index contributed by atoms with van der Waals surface area (Å²) in [7, 11) is 0. The monoisotopic (exact) mass is 513 g/mol. The SMILES string of the molecule is C/C=C(C=N[C@@H](C)CC)/C(/C=c1/cc(NC(=O)c2ccc(CC(C)CC)c(CC)c2)nc/c1=C\CC)=C/C. The highest BCUT2D eigenvalue weighted by Crippen LogP contribution is 2.19. The Morgan fingerprint density at radius 2 is 1.71 bits per heavy atom. The second-order valence-electron chi connectivity index (χ2n) is 9.99. The number of anilines is 1. The number of allylic oxidation sites excluding steroid dienone is 4. The molecule has 0 aliphatic heterocycles. The zero-order valence-electron chi connectivity index (χ0n) is 24.8. The standard InChI is InChI=1S/C34H47N3O/c1-9-15-31-23-36-33(21-32(31)20-26(12-4)28(14-6)22-35-25(8)11-3)37-34(38)30-17-16-29(18-24(7)10-2)27(13-5)19-30/h12,14-17,19-25H,9-11,13,18H2,1-8H3,(H,37,38)/b26-12+,28-14+,31-15+,32-20-,35-22?/t24?,25-/m0/s1. The fraction of sp³-hybridized carbons (Fsp3) is 0.441. The van der Waals surface area contributed by atoms with Gasteiger partial charge in [-0.2, -0.15) is 0 Å². The van der Waals surface area contributed by atoms with E-state index in [-0.39, 0.29) is 11.9 Å². The summed E-state index contributed by atoms with van der Waals surface area (Å²) in [5.74, 6) is 1.03. The van der Waals surface area contributed by atoms with Crippen molar-refractivity contribution in [2.75, 3.05) is 5.32 Å². The molecule has 1 amide bonds. The minimum Gasteiger partial charge on any atom is -0.307 e. The topological polar surface area (TPSA) is 54.4 Å². The fourth-order valence-electron chi connectivity index (χ4n) is 4.20. The highest BCUT2D eigenvalue weighted by molar-refractivity contribution is 6.04. The van der Waals surface area contributed by atoms with Gasteiger partial charge >= 0.3 is 0 Å². The van der Waals surface area contributed by atoms with Crippen molar-refractivity contribution in [3.8, 4) is 0 Å². The summed E-state index contributed by atoms with van der Waals surface area (Å²) in [5, 5.41) is 5.09. The third-order valence-electron chi connectivity index (χ3n) is 7.07. The van der Waals surface area contributed by atoms with Crippen LogP contribution in [0.15, 0.2) is 58.8 Å². The number of nitrogens with one attached hydrogen (secondary N) is 1. The molecule has 0 spiro atoms. The first kappa shape index (κ1) is 31.0. The van der Waals surface area contributed by atoms with Gasteiger partial charge in [0.15, 0.2) is 0 Å². The lowest BCUT2D eigenvalue weighted by Gasteiger charge is -2.14. The number of carbonyl (C=O) groups is 1. The van der Waals surface area contributed by atoms with Crippen LogP contribution in [0.25, 0.3) is 12.2 Å². The molecule has 0 bridgehead atoms. The molecule has 2 rings (SSSR count). The van der Waals surface area contributed by atoms with Gasteiger partial charge in [0.1, 0.15) is 5.82 Å². The Hall–Kier alpha value is -3.27. The van der Waals surface area contributed by atoms with Gasteiger partial charge < -0.3 is 5.32 Å². The van der Waals surface area contributed by atoms with Gasteiger partial charge in [0, 0.05) is 24.0 Å². The third kappa shape index (κ3) is 8.93. The van der Waals surface area contributed by atoms with E-state index in [0.29, 0.717) is 17.3 Å². The Balaban J connectivity index is 2.42. The lowest BCUT2D eigenvalue weighted by Crippen LogP contribution is -2.27. The molecule has 4 nitrogen and oxygen atoms in total. The molecule has 1 unspecified atom stereocenters. The van der Waals surface area contributed by atoms with E-state index in [1.54, 1.807) is 0 Å². The molecule has 2 aromatic rings. The number of aliphatic imine (C=N–C) groups is 1. The molecule has 4 heteroatoms. The molecule has 204 valence electrons. The summed E-state index contributed by atoms with van der Waals surface area (Å²) in [6.45, 7) is 17.1. The van der Waals surface area contributed by atoms with Crippen LogP contribution in [0.3, 0.4) is 0 Å². The van der Waals surface area contributed by atoms with Crippen LogP contribution in [0.1, 0.15) is 96.1 Å². The van der Waals surface area contributed by atoms with E-state index < -0.39 is 0 Å². The maximum Gasteiger partial charge on any atom is 0.256 e. The van der Waals surface area contributed by atoms with E-state index in [9.17, 15) is 4.79 Å². The van der Waals surface area contributed by atoms with Crippen LogP contribution in [-0.2, 0) is 12.8 Å². The molecule has 2 atom stereocenters. The predicted octanol–water partition coefficient (Wildman–Crippen LogP) is 7.22. The largest absolute Gasteiger partial charge is 0.307 e. The first-order valence-electron chi connectivity index (χ1n) is 14.3. The van der Waals surface area contributed by atoms with E-state index in [0.717, 1.165) is 53.7 Å². The van der Waals surface area contributed by atoms with Gasteiger partial charge in [-0.1, -0.05) is 65.3 Å². The second-order valence-corrected chi connectivity index (χ2v) is 9.99. The van der Waals surface area contributed by atoms with Crippen LogP contribution in [0.4, 0.5) is 5.82 Å². The van der Waals surface area contributed by atoms with Crippen LogP contribution >= 0.6 is 0 Å². The van der Waals surface area contributed by atoms with Crippen molar-refractivity contribution in [1.29, 1.82) is 0 Å². The summed E-state index contributed by atoms with van der Waals surface area (Å²) in [5.41, 5.74) is 5.39. The molecule has 0 fully saturated rings. The van der Waals surface area contributed by atoms with Gasteiger partial charge in [-0.25, -0.2) is 4.98 Å². The molecule has 1 aromatic heterocycles. The maximum absolute atomic E-state index is 13.2. The highest BCUT2D eigenvalue weighted by atomic mass is 16.1. The van der Waals surface area contributed by atoms with Gasteiger partial charge in [0.25, 0.3) is 5.91 Å². The molecule has 0 radical (unpaired) electrons. The molecule has 0 aliphatic rings. The molecular weight excluding hydrogens is 466 g/mol. The first-order valence-corrected chi connectivity index (χ1v) is 14.3. The quantitative estimate of drug-likeness (QED) is 0.241. The Bertz CT molecular complexity index is 1280. The number of aryl methyl sites for hydroxylation is 1. The second kappa shape index (κ2) is 15.9. The van der Waals surface area contributed by atoms with Crippen molar-refractivity contribution in [1.82, 2.24) is 4.98 Å². The number of benzene rings is 1. The molecule has 1 heterocycles. The number of hydrogen-bond donors (Lipinski definition) is 1. The van der Waals surface area contributed by atoms with Crippen LogP contribution in [0, 0.1) is 5.92 Å². The van der Waals surface area contributed by atoms with Crippen LogP contribution in [-0.4, -0.2) is 23.1 Å². The molecule has 0 saturated heterocycles. The zero-order chi connectivity index (χ0) is 28.1. The Kier molecular flexibility index (Phi) is 12.9. The van der Waals surface area contributed by atoms with Gasteiger partial charge in [0.05, 0.1) is 0 Å². The zero-order valence-corrected chi connectivity index (χ0v) is 24.8.